The summed E-state index contributed by atoms with van der Waals surface area (Å²) in [6.45, 7) is 8.99. The Morgan fingerprint density at radius 3 is 2.25 bits per heavy atom. The fourth-order valence-electron chi connectivity index (χ4n) is 2.53. The maximum Gasteiger partial charge on any atom is 0.132 e. The zero-order valence-corrected chi connectivity index (χ0v) is 12.9. The lowest BCUT2D eigenvalue weighted by Gasteiger charge is -2.24. The van der Waals surface area contributed by atoms with Crippen LogP contribution in [0.5, 0.6) is 0 Å². The first-order chi connectivity index (χ1) is 9.34. The molecular formula is C16H23N3O. The average molecular weight is 273 g/mol. The van der Waals surface area contributed by atoms with Gasteiger partial charge in [-0.05, 0) is 33.3 Å². The molecule has 108 valence electrons. The van der Waals surface area contributed by atoms with Crippen molar-refractivity contribution >= 4 is 5.82 Å². The summed E-state index contributed by atoms with van der Waals surface area (Å²) in [7, 11) is 1.69. The van der Waals surface area contributed by atoms with Gasteiger partial charge >= 0.3 is 0 Å². The molecule has 2 rings (SSSR count). The molecule has 2 aromatic rings. The number of nitrogens with two attached hydrogens (primary N) is 1. The second-order valence-electron chi connectivity index (χ2n) is 6.03. The predicted octanol–water partition coefficient (Wildman–Crippen LogP) is 3.34. The van der Waals surface area contributed by atoms with E-state index in [2.05, 4.69) is 30.3 Å². The molecule has 0 radical (unpaired) electrons. The Morgan fingerprint density at radius 1 is 1.20 bits per heavy atom. The van der Waals surface area contributed by atoms with Gasteiger partial charge in [0.25, 0.3) is 0 Å². The van der Waals surface area contributed by atoms with Gasteiger partial charge in [0.15, 0.2) is 0 Å². The van der Waals surface area contributed by atoms with Crippen molar-refractivity contribution in [3.63, 3.8) is 0 Å². The molecule has 0 aliphatic carbocycles. The normalized spacial score (nSPS) is 11.8. The number of hydrogen-bond acceptors (Lipinski definition) is 3. The highest BCUT2D eigenvalue weighted by Gasteiger charge is 2.22. The number of methoxy groups -OCH3 is 1. The van der Waals surface area contributed by atoms with Gasteiger partial charge < -0.3 is 15.0 Å². The van der Waals surface area contributed by atoms with Crippen LogP contribution in [-0.2, 0) is 16.9 Å². The lowest BCUT2D eigenvalue weighted by Crippen LogP contribution is -2.24. The number of anilines is 1. The standard InChI is InChI=1S/C16H23N3O/c1-11-18-14(15(17)19(11)16(2,3)4)13-8-6-12(7-9-13)10-20-5/h6-9H,10,17H2,1-5H3. The first-order valence-corrected chi connectivity index (χ1v) is 6.78. The van der Waals surface area contributed by atoms with Crippen molar-refractivity contribution in [2.45, 2.75) is 39.8 Å². The van der Waals surface area contributed by atoms with E-state index in [1.54, 1.807) is 7.11 Å². The number of nitrogens with zero attached hydrogens (tertiary/aromatic N) is 2. The van der Waals surface area contributed by atoms with E-state index < -0.39 is 0 Å². The molecule has 1 aromatic heterocycles. The largest absolute Gasteiger partial charge is 0.383 e. The Bertz CT molecular complexity index is 591. The highest BCUT2D eigenvalue weighted by molar-refractivity contribution is 5.71. The van der Waals surface area contributed by atoms with Crippen molar-refractivity contribution in [2.75, 3.05) is 12.8 Å². The van der Waals surface area contributed by atoms with Crippen molar-refractivity contribution in [1.29, 1.82) is 0 Å². The van der Waals surface area contributed by atoms with Crippen molar-refractivity contribution < 1.29 is 4.74 Å². The molecule has 2 N–H and O–H groups in total. The summed E-state index contributed by atoms with van der Waals surface area (Å²) in [6, 6.07) is 8.17. The molecule has 4 heteroatoms. The van der Waals surface area contributed by atoms with Crippen LogP contribution < -0.4 is 5.73 Å². The molecule has 0 aliphatic heterocycles. The third-order valence-electron chi connectivity index (χ3n) is 3.29. The van der Waals surface area contributed by atoms with Gasteiger partial charge in [0.2, 0.25) is 0 Å². The van der Waals surface area contributed by atoms with Crippen LogP contribution in [0.25, 0.3) is 11.3 Å². The fraction of sp³-hybridized carbons (Fsp3) is 0.438. The Kier molecular flexibility index (Phi) is 3.86. The van der Waals surface area contributed by atoms with Gasteiger partial charge in [-0.3, -0.25) is 0 Å². The first-order valence-electron chi connectivity index (χ1n) is 6.78. The average Bonchev–Trinajstić information content (AvgIpc) is 2.65. The maximum atomic E-state index is 6.29. The molecule has 0 atom stereocenters. The topological polar surface area (TPSA) is 53.1 Å². The van der Waals surface area contributed by atoms with Crippen LogP contribution >= 0.6 is 0 Å². The molecule has 0 saturated carbocycles. The molecule has 0 unspecified atom stereocenters. The van der Waals surface area contributed by atoms with Crippen molar-refractivity contribution in [2.24, 2.45) is 0 Å². The minimum Gasteiger partial charge on any atom is -0.383 e. The summed E-state index contributed by atoms with van der Waals surface area (Å²) in [5.74, 6) is 1.65. The predicted molar refractivity (Wildman–Crippen MR) is 82.5 cm³/mol. The number of hydrogen-bond donors (Lipinski definition) is 1. The minimum atomic E-state index is -0.0740. The monoisotopic (exact) mass is 273 g/mol. The molecular weight excluding hydrogens is 250 g/mol. The van der Waals surface area contributed by atoms with Gasteiger partial charge in [0, 0.05) is 18.2 Å². The van der Waals surface area contributed by atoms with Gasteiger partial charge in [-0.25, -0.2) is 4.98 Å². The summed E-state index contributed by atoms with van der Waals surface area (Å²) in [6.07, 6.45) is 0. The van der Waals surface area contributed by atoms with Crippen LogP contribution in [0.3, 0.4) is 0 Å². The number of rotatable bonds is 3. The minimum absolute atomic E-state index is 0.0740. The highest BCUT2D eigenvalue weighted by atomic mass is 16.5. The Balaban J connectivity index is 2.43. The number of nitrogen functional groups attached to an aromatic ring is 1. The lowest BCUT2D eigenvalue weighted by atomic mass is 10.1. The van der Waals surface area contributed by atoms with Gasteiger partial charge in [-0.1, -0.05) is 24.3 Å². The molecule has 4 nitrogen and oxygen atoms in total. The molecule has 1 aromatic carbocycles. The van der Waals surface area contributed by atoms with Crippen LogP contribution in [0.15, 0.2) is 24.3 Å². The first kappa shape index (κ1) is 14.6. The second kappa shape index (κ2) is 5.29. The van der Waals surface area contributed by atoms with E-state index in [4.69, 9.17) is 10.5 Å². The van der Waals surface area contributed by atoms with E-state index in [-0.39, 0.29) is 5.54 Å². The zero-order chi connectivity index (χ0) is 14.9. The molecule has 0 spiro atoms. The van der Waals surface area contributed by atoms with Gasteiger partial charge in [0.1, 0.15) is 17.3 Å². The number of aromatic nitrogens is 2. The van der Waals surface area contributed by atoms with Crippen LogP contribution in [0.4, 0.5) is 5.82 Å². The molecule has 20 heavy (non-hydrogen) atoms. The van der Waals surface area contributed by atoms with E-state index >= 15 is 0 Å². The number of aryl methyl sites for hydroxylation is 1. The molecule has 0 saturated heterocycles. The van der Waals surface area contributed by atoms with Crippen LogP contribution in [0.2, 0.25) is 0 Å². The quantitative estimate of drug-likeness (QED) is 0.933. The van der Waals surface area contributed by atoms with E-state index in [0.717, 1.165) is 28.5 Å². The summed E-state index contributed by atoms with van der Waals surface area (Å²) in [5.41, 5.74) is 9.25. The van der Waals surface area contributed by atoms with Gasteiger partial charge in [0.05, 0.1) is 6.61 Å². The van der Waals surface area contributed by atoms with Crippen LogP contribution in [0.1, 0.15) is 32.2 Å². The van der Waals surface area contributed by atoms with Crippen molar-refractivity contribution in [3.05, 3.63) is 35.7 Å². The lowest BCUT2D eigenvalue weighted by molar-refractivity contribution is 0.185. The van der Waals surface area contributed by atoms with Crippen LogP contribution in [0, 0.1) is 6.92 Å². The zero-order valence-electron chi connectivity index (χ0n) is 12.9. The number of ether oxygens (including phenoxy) is 1. The number of imidazole rings is 1. The summed E-state index contributed by atoms with van der Waals surface area (Å²) >= 11 is 0. The molecule has 0 amide bonds. The van der Waals surface area contributed by atoms with E-state index in [1.165, 1.54) is 0 Å². The van der Waals surface area contributed by atoms with Crippen molar-refractivity contribution in [1.82, 2.24) is 9.55 Å². The van der Waals surface area contributed by atoms with Gasteiger partial charge in [-0.2, -0.15) is 0 Å². The summed E-state index contributed by atoms with van der Waals surface area (Å²) < 4.78 is 7.20. The smallest absolute Gasteiger partial charge is 0.132 e. The molecule has 0 fully saturated rings. The molecule has 0 aliphatic rings. The second-order valence-corrected chi connectivity index (χ2v) is 6.03. The third-order valence-corrected chi connectivity index (χ3v) is 3.29. The van der Waals surface area contributed by atoms with Gasteiger partial charge in [-0.15, -0.1) is 0 Å². The molecule has 0 bridgehead atoms. The fourth-order valence-corrected chi connectivity index (χ4v) is 2.53. The number of benzene rings is 1. The highest BCUT2D eigenvalue weighted by Crippen LogP contribution is 2.31. The third kappa shape index (κ3) is 2.70. The van der Waals surface area contributed by atoms with E-state index in [0.29, 0.717) is 6.61 Å². The Labute approximate surface area is 120 Å². The molecule has 1 heterocycles. The van der Waals surface area contributed by atoms with E-state index in [1.807, 2.05) is 31.2 Å². The maximum absolute atomic E-state index is 6.29. The van der Waals surface area contributed by atoms with E-state index in [9.17, 15) is 0 Å². The SMILES string of the molecule is COCc1ccc(-c2nc(C)n(C(C)(C)C)c2N)cc1. The summed E-state index contributed by atoms with van der Waals surface area (Å²) in [4.78, 5) is 4.63. The van der Waals surface area contributed by atoms with Crippen molar-refractivity contribution in [3.8, 4) is 11.3 Å². The Morgan fingerprint density at radius 2 is 1.80 bits per heavy atom. The summed E-state index contributed by atoms with van der Waals surface area (Å²) in [5, 5.41) is 0. The Hall–Kier alpha value is -1.81. The van der Waals surface area contributed by atoms with Crippen LogP contribution in [-0.4, -0.2) is 16.7 Å².